The second kappa shape index (κ2) is 5.61. The van der Waals surface area contributed by atoms with Gasteiger partial charge in [-0.1, -0.05) is 43.5 Å². The molecule has 0 fully saturated rings. The predicted molar refractivity (Wildman–Crippen MR) is 76.4 cm³/mol. The fourth-order valence-corrected chi connectivity index (χ4v) is 2.90. The van der Waals surface area contributed by atoms with E-state index in [0.29, 0.717) is 29.9 Å². The lowest BCUT2D eigenvalue weighted by Crippen LogP contribution is -2.25. The van der Waals surface area contributed by atoms with Crippen molar-refractivity contribution in [3.05, 3.63) is 41.0 Å². The van der Waals surface area contributed by atoms with Crippen LogP contribution < -0.4 is 0 Å². The number of fused-ring (bicyclic) bond motifs is 2. The van der Waals surface area contributed by atoms with E-state index in [0.717, 1.165) is 31.2 Å². The smallest absolute Gasteiger partial charge is 0.234 e. The van der Waals surface area contributed by atoms with Crippen LogP contribution in [0.1, 0.15) is 54.4 Å². The maximum atomic E-state index is 12.3. The average Bonchev–Trinajstić information content (AvgIpc) is 2.49. The van der Waals surface area contributed by atoms with Crippen molar-refractivity contribution in [3.8, 4) is 0 Å². The van der Waals surface area contributed by atoms with Crippen LogP contribution in [0.2, 0.25) is 0 Å². The van der Waals surface area contributed by atoms with Crippen LogP contribution in [-0.2, 0) is 9.53 Å². The second-order valence-corrected chi connectivity index (χ2v) is 5.38. The second-order valence-electron chi connectivity index (χ2n) is 5.38. The third-order valence-corrected chi connectivity index (χ3v) is 3.99. The van der Waals surface area contributed by atoms with Crippen molar-refractivity contribution in [3.63, 3.8) is 0 Å². The van der Waals surface area contributed by atoms with Crippen molar-refractivity contribution in [1.82, 2.24) is 0 Å². The van der Waals surface area contributed by atoms with Gasteiger partial charge in [-0.25, -0.2) is 0 Å². The van der Waals surface area contributed by atoms with E-state index in [1.54, 1.807) is 12.1 Å². The molecule has 0 aromatic heterocycles. The van der Waals surface area contributed by atoms with Crippen LogP contribution in [0, 0.1) is 0 Å². The molecule has 1 heterocycles. The van der Waals surface area contributed by atoms with Gasteiger partial charge in [0.1, 0.15) is 5.76 Å². The molecular formula is C17H18O3. The summed E-state index contributed by atoms with van der Waals surface area (Å²) >= 11 is 0. The largest absolute Gasteiger partial charge is 0.493 e. The molecule has 0 spiro atoms. The number of hydrogen-bond donors (Lipinski definition) is 0. The number of allylic oxidation sites excluding steroid dienone is 1. The van der Waals surface area contributed by atoms with Crippen LogP contribution in [0.3, 0.4) is 0 Å². The number of carbonyl (C=O) groups is 2. The van der Waals surface area contributed by atoms with E-state index >= 15 is 0 Å². The summed E-state index contributed by atoms with van der Waals surface area (Å²) in [7, 11) is 0. The van der Waals surface area contributed by atoms with Gasteiger partial charge < -0.3 is 4.74 Å². The molecule has 1 aliphatic heterocycles. The summed E-state index contributed by atoms with van der Waals surface area (Å²) in [6.45, 7) is 0.620. The minimum Gasteiger partial charge on any atom is -0.493 e. The Morgan fingerprint density at radius 1 is 0.800 bits per heavy atom. The van der Waals surface area contributed by atoms with Gasteiger partial charge in [0.05, 0.1) is 6.61 Å². The molecule has 0 unspecified atom stereocenters. The summed E-state index contributed by atoms with van der Waals surface area (Å²) < 4.78 is 5.87. The minimum absolute atomic E-state index is 0.376. The van der Waals surface area contributed by atoms with Crippen molar-refractivity contribution in [2.24, 2.45) is 0 Å². The summed E-state index contributed by atoms with van der Waals surface area (Å²) in [6, 6.07) is 7.26. The van der Waals surface area contributed by atoms with Gasteiger partial charge in [-0.3, -0.25) is 9.59 Å². The van der Waals surface area contributed by atoms with Gasteiger partial charge in [-0.2, -0.15) is 0 Å². The molecule has 1 aromatic rings. The normalized spacial score (nSPS) is 20.0. The van der Waals surface area contributed by atoms with E-state index in [4.69, 9.17) is 4.74 Å². The molecule has 2 aliphatic rings. The lowest BCUT2D eigenvalue weighted by Gasteiger charge is -2.23. The fourth-order valence-electron chi connectivity index (χ4n) is 2.90. The molecule has 1 aliphatic carbocycles. The molecule has 1 aromatic carbocycles. The van der Waals surface area contributed by atoms with Crippen molar-refractivity contribution in [2.75, 3.05) is 6.61 Å². The summed E-state index contributed by atoms with van der Waals surface area (Å²) in [5.74, 6) is -0.119. The van der Waals surface area contributed by atoms with Gasteiger partial charge in [0, 0.05) is 16.7 Å². The zero-order valence-electron chi connectivity index (χ0n) is 11.5. The summed E-state index contributed by atoms with van der Waals surface area (Å²) in [6.07, 6.45) is 6.04. The van der Waals surface area contributed by atoms with Crippen LogP contribution in [-0.4, -0.2) is 18.2 Å². The highest BCUT2D eigenvalue weighted by Crippen LogP contribution is 2.33. The molecule has 104 valence electrons. The first-order valence-electron chi connectivity index (χ1n) is 7.33. The number of carbonyl (C=O) groups excluding carboxylic acids is 2. The van der Waals surface area contributed by atoms with Crippen molar-refractivity contribution in [1.29, 1.82) is 0 Å². The molecule has 3 heteroatoms. The van der Waals surface area contributed by atoms with Crippen LogP contribution in [0.5, 0.6) is 0 Å². The van der Waals surface area contributed by atoms with Gasteiger partial charge in [-0.15, -0.1) is 0 Å². The number of benzene rings is 1. The van der Waals surface area contributed by atoms with E-state index in [-0.39, 0.29) is 11.6 Å². The quantitative estimate of drug-likeness (QED) is 0.677. The van der Waals surface area contributed by atoms with Gasteiger partial charge in [-0.05, 0) is 19.3 Å². The maximum Gasteiger partial charge on any atom is 0.234 e. The van der Waals surface area contributed by atoms with Crippen molar-refractivity contribution < 1.29 is 14.3 Å². The summed E-state index contributed by atoms with van der Waals surface area (Å²) in [5, 5.41) is 0. The number of ether oxygens (including phenoxy) is 1. The van der Waals surface area contributed by atoms with E-state index in [1.807, 2.05) is 12.1 Å². The topological polar surface area (TPSA) is 43.4 Å². The zero-order chi connectivity index (χ0) is 13.9. The lowest BCUT2D eigenvalue weighted by molar-refractivity contribution is -0.112. The highest BCUT2D eigenvalue weighted by atomic mass is 16.5. The Kier molecular flexibility index (Phi) is 3.68. The molecule has 0 amide bonds. The number of ketones is 2. The lowest BCUT2D eigenvalue weighted by atomic mass is 9.86. The standard InChI is InChI=1S/C17H18O3/c18-15-12-8-5-6-9-13(12)17-14(16(15)19)10-4-2-1-3-7-11-20-17/h5-6,8-9H,1-4,7,10-11H2. The Morgan fingerprint density at radius 3 is 2.35 bits per heavy atom. The molecule has 0 N–H and O–H groups in total. The van der Waals surface area contributed by atoms with Gasteiger partial charge in [0.2, 0.25) is 11.6 Å². The molecule has 0 saturated heterocycles. The average molecular weight is 270 g/mol. The first-order chi connectivity index (χ1) is 9.79. The van der Waals surface area contributed by atoms with Crippen LogP contribution in [0.4, 0.5) is 0 Å². The summed E-state index contributed by atoms with van der Waals surface area (Å²) in [4.78, 5) is 24.5. The van der Waals surface area contributed by atoms with Crippen molar-refractivity contribution in [2.45, 2.75) is 38.5 Å². The summed E-state index contributed by atoms with van der Waals surface area (Å²) in [5.41, 5.74) is 1.84. The van der Waals surface area contributed by atoms with Crippen LogP contribution in [0.25, 0.3) is 5.76 Å². The first kappa shape index (κ1) is 13.1. The van der Waals surface area contributed by atoms with E-state index in [2.05, 4.69) is 0 Å². The minimum atomic E-state index is -0.389. The third-order valence-electron chi connectivity index (χ3n) is 3.99. The monoisotopic (exact) mass is 270 g/mol. The first-order valence-corrected chi connectivity index (χ1v) is 7.33. The zero-order valence-corrected chi connectivity index (χ0v) is 11.5. The van der Waals surface area contributed by atoms with Gasteiger partial charge in [0.25, 0.3) is 0 Å². The Balaban J connectivity index is 2.08. The maximum absolute atomic E-state index is 12.3. The Hall–Kier alpha value is -1.90. The van der Waals surface area contributed by atoms with E-state index in [9.17, 15) is 9.59 Å². The van der Waals surface area contributed by atoms with E-state index < -0.39 is 0 Å². The van der Waals surface area contributed by atoms with E-state index in [1.165, 1.54) is 6.42 Å². The molecule has 20 heavy (non-hydrogen) atoms. The predicted octanol–water partition coefficient (Wildman–Crippen LogP) is 3.53. The van der Waals surface area contributed by atoms with Crippen LogP contribution in [0.15, 0.2) is 29.8 Å². The molecule has 3 nitrogen and oxygen atoms in total. The Morgan fingerprint density at radius 2 is 1.50 bits per heavy atom. The number of hydrogen-bond acceptors (Lipinski definition) is 3. The molecule has 0 atom stereocenters. The highest BCUT2D eigenvalue weighted by Gasteiger charge is 2.33. The highest BCUT2D eigenvalue weighted by molar-refractivity contribution is 6.52. The molecule has 0 bridgehead atoms. The molecule has 0 saturated carbocycles. The Bertz CT molecular complexity index is 584. The molecule has 3 rings (SSSR count). The Labute approximate surface area is 118 Å². The fraction of sp³-hybridized carbons (Fsp3) is 0.412. The van der Waals surface area contributed by atoms with Gasteiger partial charge in [0.15, 0.2) is 0 Å². The van der Waals surface area contributed by atoms with Crippen LogP contribution >= 0.6 is 0 Å². The third kappa shape index (κ3) is 2.28. The number of Topliss-reactive ketones (excluding diaryl/α,β-unsaturated/α-hetero) is 2. The number of rotatable bonds is 0. The molecular weight excluding hydrogens is 252 g/mol. The molecule has 0 radical (unpaired) electrons. The van der Waals surface area contributed by atoms with Crippen molar-refractivity contribution >= 4 is 17.3 Å². The van der Waals surface area contributed by atoms with Gasteiger partial charge >= 0.3 is 0 Å². The SMILES string of the molecule is O=C1C(=O)c2ccccc2C2=C1CCCCCCCO2.